The van der Waals surface area contributed by atoms with Crippen LogP contribution in [0, 0.1) is 0 Å². The van der Waals surface area contributed by atoms with Crippen molar-refractivity contribution in [2.24, 2.45) is 0 Å². The van der Waals surface area contributed by atoms with Gasteiger partial charge in [-0.05, 0) is 13.8 Å². The Morgan fingerprint density at radius 1 is 1.47 bits per heavy atom. The molecule has 0 amide bonds. The van der Waals surface area contributed by atoms with Crippen molar-refractivity contribution in [1.82, 2.24) is 14.5 Å². The maximum atomic E-state index is 11.8. The second-order valence-electron chi connectivity index (χ2n) is 4.10. The molecule has 0 aliphatic heterocycles. The van der Waals surface area contributed by atoms with Gasteiger partial charge >= 0.3 is 5.69 Å². The zero-order valence-electron chi connectivity index (χ0n) is 9.43. The van der Waals surface area contributed by atoms with Crippen LogP contribution in [0.1, 0.15) is 18.9 Å². The molecule has 0 unspecified atom stereocenters. The maximum Gasteiger partial charge on any atom is 0.330 e. The Hall–Kier alpha value is -1.89. The smallest absolute Gasteiger partial charge is 0.330 e. The first kappa shape index (κ1) is 11.6. The number of H-pyrrole nitrogens is 1. The lowest BCUT2D eigenvalue weighted by molar-refractivity contribution is 0.418. The predicted molar refractivity (Wildman–Crippen MR) is 66.3 cm³/mol. The van der Waals surface area contributed by atoms with E-state index >= 15 is 0 Å². The highest BCUT2D eigenvalue weighted by atomic mass is 32.1. The number of aromatic nitrogens is 3. The van der Waals surface area contributed by atoms with Crippen molar-refractivity contribution >= 4 is 17.2 Å². The standard InChI is InChI=1S/C10H12N4O2S/c1-10(2,8-12-3-4-17-8)14-6(11)5-7(15)13-9(14)16/h3-5H,11H2,1-2H3,(H,13,15,16). The van der Waals surface area contributed by atoms with Crippen molar-refractivity contribution in [3.05, 3.63) is 43.5 Å². The number of nitrogen functional groups attached to an aromatic ring is 1. The minimum absolute atomic E-state index is 0.124. The van der Waals surface area contributed by atoms with Crippen LogP contribution in [0.5, 0.6) is 0 Å². The molecule has 3 N–H and O–H groups in total. The number of hydrogen-bond acceptors (Lipinski definition) is 5. The van der Waals surface area contributed by atoms with Gasteiger partial charge in [0.25, 0.3) is 5.56 Å². The van der Waals surface area contributed by atoms with E-state index in [2.05, 4.69) is 9.97 Å². The minimum atomic E-state index is -0.695. The van der Waals surface area contributed by atoms with E-state index in [9.17, 15) is 9.59 Å². The number of aromatic amines is 1. The Morgan fingerprint density at radius 2 is 2.18 bits per heavy atom. The second kappa shape index (κ2) is 3.85. The highest BCUT2D eigenvalue weighted by Crippen LogP contribution is 2.27. The van der Waals surface area contributed by atoms with E-state index in [4.69, 9.17) is 5.73 Å². The summed E-state index contributed by atoms with van der Waals surface area (Å²) in [7, 11) is 0. The Morgan fingerprint density at radius 3 is 2.71 bits per heavy atom. The van der Waals surface area contributed by atoms with Crippen molar-refractivity contribution in [1.29, 1.82) is 0 Å². The van der Waals surface area contributed by atoms with Crippen LogP contribution >= 0.6 is 11.3 Å². The molecule has 7 heteroatoms. The zero-order valence-corrected chi connectivity index (χ0v) is 10.2. The van der Waals surface area contributed by atoms with E-state index in [-0.39, 0.29) is 5.82 Å². The van der Waals surface area contributed by atoms with Crippen molar-refractivity contribution in [3.63, 3.8) is 0 Å². The van der Waals surface area contributed by atoms with Gasteiger partial charge in [0.05, 0.1) is 5.54 Å². The van der Waals surface area contributed by atoms with Gasteiger partial charge in [0, 0.05) is 17.6 Å². The largest absolute Gasteiger partial charge is 0.385 e. The molecule has 0 spiro atoms. The van der Waals surface area contributed by atoms with Gasteiger partial charge in [0.2, 0.25) is 0 Å². The number of nitrogens with one attached hydrogen (secondary N) is 1. The van der Waals surface area contributed by atoms with Crippen LogP contribution in [-0.2, 0) is 5.54 Å². The molecule has 0 saturated heterocycles. The molecule has 0 saturated carbocycles. The first-order valence-corrected chi connectivity index (χ1v) is 5.83. The van der Waals surface area contributed by atoms with Crippen LogP contribution in [0.3, 0.4) is 0 Å². The highest BCUT2D eigenvalue weighted by Gasteiger charge is 2.28. The molecule has 0 aliphatic carbocycles. The topological polar surface area (TPSA) is 93.8 Å². The van der Waals surface area contributed by atoms with Crippen molar-refractivity contribution < 1.29 is 0 Å². The van der Waals surface area contributed by atoms with Gasteiger partial charge in [0.1, 0.15) is 10.8 Å². The quantitative estimate of drug-likeness (QED) is 0.806. The number of anilines is 1. The van der Waals surface area contributed by atoms with Gasteiger partial charge in [-0.15, -0.1) is 11.3 Å². The molecule has 17 heavy (non-hydrogen) atoms. The molecule has 6 nitrogen and oxygen atoms in total. The van der Waals surface area contributed by atoms with Gasteiger partial charge in [-0.2, -0.15) is 0 Å². The third kappa shape index (κ3) is 1.89. The normalized spacial score (nSPS) is 11.6. The summed E-state index contributed by atoms with van der Waals surface area (Å²) in [6.45, 7) is 3.64. The molecule has 0 radical (unpaired) electrons. The molecule has 0 aliphatic rings. The van der Waals surface area contributed by atoms with Crippen LogP contribution in [0.15, 0.2) is 27.2 Å². The summed E-state index contributed by atoms with van der Waals surface area (Å²) >= 11 is 1.43. The Bertz CT molecular complexity index is 639. The average Bonchev–Trinajstić information content (AvgIpc) is 2.67. The summed E-state index contributed by atoms with van der Waals surface area (Å²) in [6.07, 6.45) is 1.66. The molecular weight excluding hydrogens is 240 g/mol. The molecule has 2 aromatic rings. The molecular formula is C10H12N4O2S. The summed E-state index contributed by atoms with van der Waals surface area (Å²) in [4.78, 5) is 29.3. The molecule has 0 aromatic carbocycles. The van der Waals surface area contributed by atoms with E-state index in [0.717, 1.165) is 5.01 Å². The maximum absolute atomic E-state index is 11.8. The van der Waals surface area contributed by atoms with Crippen molar-refractivity contribution in [2.45, 2.75) is 19.4 Å². The first-order chi connectivity index (χ1) is 7.93. The monoisotopic (exact) mass is 252 g/mol. The lowest BCUT2D eigenvalue weighted by Gasteiger charge is -2.26. The summed E-state index contributed by atoms with van der Waals surface area (Å²) in [6, 6.07) is 1.19. The number of rotatable bonds is 2. The molecule has 0 bridgehead atoms. The fourth-order valence-electron chi connectivity index (χ4n) is 1.71. The Balaban J connectivity index is 2.70. The van der Waals surface area contributed by atoms with Gasteiger partial charge in [-0.3, -0.25) is 14.3 Å². The SMILES string of the molecule is CC(C)(c1nccs1)n1c(N)cc(=O)[nH]c1=O. The number of nitrogens with two attached hydrogens (primary N) is 1. The molecule has 0 atom stereocenters. The third-order valence-electron chi connectivity index (χ3n) is 2.49. The van der Waals surface area contributed by atoms with Gasteiger partial charge in [-0.1, -0.05) is 0 Å². The second-order valence-corrected chi connectivity index (χ2v) is 4.99. The summed E-state index contributed by atoms with van der Waals surface area (Å²) in [5, 5.41) is 2.57. The van der Waals surface area contributed by atoms with Crippen molar-refractivity contribution in [2.75, 3.05) is 5.73 Å². The van der Waals surface area contributed by atoms with E-state index in [0.29, 0.717) is 0 Å². The highest BCUT2D eigenvalue weighted by molar-refractivity contribution is 7.09. The van der Waals surface area contributed by atoms with Crippen LogP contribution in [0.25, 0.3) is 0 Å². The minimum Gasteiger partial charge on any atom is -0.385 e. The van der Waals surface area contributed by atoms with E-state index < -0.39 is 16.8 Å². The van der Waals surface area contributed by atoms with Crippen LogP contribution in [-0.4, -0.2) is 14.5 Å². The molecule has 90 valence electrons. The molecule has 0 fully saturated rings. The zero-order chi connectivity index (χ0) is 12.6. The van der Waals surface area contributed by atoms with Gasteiger partial charge < -0.3 is 5.73 Å². The molecule has 2 heterocycles. The van der Waals surface area contributed by atoms with Crippen LogP contribution in [0.4, 0.5) is 5.82 Å². The van der Waals surface area contributed by atoms with Crippen molar-refractivity contribution in [3.8, 4) is 0 Å². The third-order valence-corrected chi connectivity index (χ3v) is 3.57. The van der Waals surface area contributed by atoms with E-state index in [1.54, 1.807) is 6.20 Å². The number of thiazole rings is 1. The van der Waals surface area contributed by atoms with Crippen LogP contribution in [0.2, 0.25) is 0 Å². The van der Waals surface area contributed by atoms with Gasteiger partial charge in [0.15, 0.2) is 0 Å². The van der Waals surface area contributed by atoms with Crippen LogP contribution < -0.4 is 17.0 Å². The Kier molecular flexibility index (Phi) is 2.62. The molecule has 2 rings (SSSR count). The molecule has 2 aromatic heterocycles. The lowest BCUT2D eigenvalue weighted by atomic mass is 10.1. The fourth-order valence-corrected chi connectivity index (χ4v) is 2.46. The predicted octanol–water partition coefficient (Wildman–Crippen LogP) is 0.359. The Labute approximate surface area is 101 Å². The average molecular weight is 252 g/mol. The number of hydrogen-bond donors (Lipinski definition) is 2. The summed E-state index contributed by atoms with van der Waals surface area (Å²) in [5.74, 6) is 0.124. The first-order valence-electron chi connectivity index (χ1n) is 4.95. The summed E-state index contributed by atoms with van der Waals surface area (Å²) < 4.78 is 1.33. The number of nitrogens with zero attached hydrogens (tertiary/aromatic N) is 2. The van der Waals surface area contributed by atoms with E-state index in [1.165, 1.54) is 22.0 Å². The van der Waals surface area contributed by atoms with E-state index in [1.807, 2.05) is 19.2 Å². The lowest BCUT2D eigenvalue weighted by Crippen LogP contribution is -2.42. The van der Waals surface area contributed by atoms with Gasteiger partial charge in [-0.25, -0.2) is 9.78 Å². The summed E-state index contributed by atoms with van der Waals surface area (Å²) in [5.41, 5.74) is 4.01. The fraction of sp³-hybridized carbons (Fsp3) is 0.300.